The van der Waals surface area contributed by atoms with Crippen molar-refractivity contribution in [2.75, 3.05) is 23.8 Å². The van der Waals surface area contributed by atoms with E-state index >= 15 is 0 Å². The van der Waals surface area contributed by atoms with Crippen LogP contribution in [-0.4, -0.2) is 36.7 Å². The highest BCUT2D eigenvalue weighted by atomic mass is 16.6. The minimum absolute atomic E-state index is 0.138. The van der Waals surface area contributed by atoms with Crippen molar-refractivity contribution in [1.82, 2.24) is 5.32 Å². The molecule has 0 spiro atoms. The molecule has 0 unspecified atom stereocenters. The van der Waals surface area contributed by atoms with Crippen molar-refractivity contribution in [3.8, 4) is 5.75 Å². The molecule has 2 aromatic rings. The molecule has 3 amide bonds. The molecule has 0 atom stereocenters. The van der Waals surface area contributed by atoms with Gasteiger partial charge in [-0.3, -0.25) is 9.59 Å². The number of carbonyl (C=O) groups excluding carboxylic acids is 3. The van der Waals surface area contributed by atoms with E-state index in [1.54, 1.807) is 45.0 Å². The van der Waals surface area contributed by atoms with Crippen LogP contribution in [0.4, 0.5) is 16.2 Å². The number of benzene rings is 2. The Bertz CT molecular complexity index is 950. The van der Waals surface area contributed by atoms with Gasteiger partial charge in [0.15, 0.2) is 6.61 Å². The molecule has 2 rings (SSSR count). The molecule has 0 fully saturated rings. The van der Waals surface area contributed by atoms with E-state index in [-0.39, 0.29) is 19.1 Å². The van der Waals surface area contributed by atoms with Gasteiger partial charge in [0, 0.05) is 11.4 Å². The van der Waals surface area contributed by atoms with E-state index < -0.39 is 17.6 Å². The van der Waals surface area contributed by atoms with Gasteiger partial charge >= 0.3 is 6.09 Å². The number of nitrogens with one attached hydrogen (secondary N) is 3. The molecule has 0 aliphatic carbocycles. The largest absolute Gasteiger partial charge is 0.483 e. The highest BCUT2D eigenvalue weighted by molar-refractivity contribution is 5.96. The topological polar surface area (TPSA) is 106 Å². The maximum Gasteiger partial charge on any atom is 0.408 e. The first-order valence-corrected chi connectivity index (χ1v) is 9.89. The van der Waals surface area contributed by atoms with Gasteiger partial charge in [0.05, 0.1) is 0 Å². The Morgan fingerprint density at radius 2 is 1.52 bits per heavy atom. The van der Waals surface area contributed by atoms with Crippen molar-refractivity contribution < 1.29 is 23.9 Å². The average Bonchev–Trinajstić information content (AvgIpc) is 2.66. The van der Waals surface area contributed by atoms with Gasteiger partial charge in [-0.25, -0.2) is 4.79 Å². The number of hydrogen-bond acceptors (Lipinski definition) is 5. The molecular weight excluding hydrogens is 398 g/mol. The number of carbonyl (C=O) groups is 3. The third kappa shape index (κ3) is 8.38. The normalized spacial score (nSPS) is 10.7. The quantitative estimate of drug-likeness (QED) is 0.624. The Hall–Kier alpha value is -3.55. The molecule has 3 N–H and O–H groups in total. The fourth-order valence-electron chi connectivity index (χ4n) is 2.57. The minimum Gasteiger partial charge on any atom is -0.483 e. The van der Waals surface area contributed by atoms with Crippen LogP contribution >= 0.6 is 0 Å². The molecule has 0 aliphatic rings. The molecular formula is C23H29N3O5. The van der Waals surface area contributed by atoms with Gasteiger partial charge in [-0.05, 0) is 70.0 Å². The zero-order chi connectivity index (χ0) is 23.0. The fourth-order valence-corrected chi connectivity index (χ4v) is 2.57. The van der Waals surface area contributed by atoms with E-state index in [0.29, 0.717) is 17.1 Å². The number of hydrogen-bond donors (Lipinski definition) is 3. The van der Waals surface area contributed by atoms with Crippen molar-refractivity contribution in [2.24, 2.45) is 0 Å². The van der Waals surface area contributed by atoms with Crippen LogP contribution < -0.4 is 20.7 Å². The summed E-state index contributed by atoms with van der Waals surface area (Å²) in [7, 11) is 0. The summed E-state index contributed by atoms with van der Waals surface area (Å²) in [5, 5.41) is 7.77. The van der Waals surface area contributed by atoms with Gasteiger partial charge < -0.3 is 25.4 Å². The van der Waals surface area contributed by atoms with Crippen LogP contribution in [0.25, 0.3) is 0 Å². The van der Waals surface area contributed by atoms with E-state index in [1.165, 1.54) is 0 Å². The van der Waals surface area contributed by atoms with E-state index in [2.05, 4.69) is 16.0 Å². The SMILES string of the molecule is Cc1cccc(OCC(=O)Nc2cccc(NC(=O)CNC(=O)OC(C)(C)C)c2)c1C. The lowest BCUT2D eigenvalue weighted by atomic mass is 10.1. The van der Waals surface area contributed by atoms with Gasteiger partial charge in [-0.2, -0.15) is 0 Å². The van der Waals surface area contributed by atoms with Crippen molar-refractivity contribution in [2.45, 2.75) is 40.2 Å². The van der Waals surface area contributed by atoms with Gasteiger partial charge in [-0.1, -0.05) is 18.2 Å². The number of aryl methyl sites for hydroxylation is 1. The van der Waals surface area contributed by atoms with E-state index in [1.807, 2.05) is 32.0 Å². The summed E-state index contributed by atoms with van der Waals surface area (Å²) < 4.78 is 10.7. The molecule has 31 heavy (non-hydrogen) atoms. The van der Waals surface area contributed by atoms with Crippen LogP contribution in [0, 0.1) is 13.8 Å². The van der Waals surface area contributed by atoms with Crippen molar-refractivity contribution in [3.05, 3.63) is 53.6 Å². The number of amides is 3. The van der Waals surface area contributed by atoms with Gasteiger partial charge in [0.2, 0.25) is 5.91 Å². The summed E-state index contributed by atoms with van der Waals surface area (Å²) in [5.74, 6) is -0.0859. The number of rotatable bonds is 7. The summed E-state index contributed by atoms with van der Waals surface area (Å²) in [6.45, 7) is 8.74. The monoisotopic (exact) mass is 427 g/mol. The van der Waals surface area contributed by atoms with Gasteiger partial charge in [0.1, 0.15) is 17.9 Å². The zero-order valence-corrected chi connectivity index (χ0v) is 18.5. The highest BCUT2D eigenvalue weighted by Gasteiger charge is 2.16. The number of alkyl carbamates (subject to hydrolysis) is 1. The second-order valence-electron chi connectivity index (χ2n) is 8.02. The van der Waals surface area contributed by atoms with Crippen molar-refractivity contribution >= 4 is 29.3 Å². The molecule has 0 radical (unpaired) electrons. The van der Waals surface area contributed by atoms with Gasteiger partial charge in [0.25, 0.3) is 5.91 Å². The summed E-state index contributed by atoms with van der Waals surface area (Å²) >= 11 is 0. The lowest BCUT2D eigenvalue weighted by Gasteiger charge is -2.19. The standard InChI is InChI=1S/C23H29N3O5/c1-15-8-6-11-19(16(15)2)30-14-21(28)26-18-10-7-9-17(12-18)25-20(27)13-24-22(29)31-23(3,4)5/h6-12H,13-14H2,1-5H3,(H,24,29)(H,25,27)(H,26,28). The summed E-state index contributed by atoms with van der Waals surface area (Å²) in [4.78, 5) is 35.9. The van der Waals surface area contributed by atoms with Crippen LogP contribution in [0.2, 0.25) is 0 Å². The first kappa shape index (κ1) is 23.7. The second kappa shape index (κ2) is 10.5. The first-order chi connectivity index (χ1) is 14.5. The lowest BCUT2D eigenvalue weighted by molar-refractivity contribution is -0.118. The number of anilines is 2. The Kier molecular flexibility index (Phi) is 8.01. The Balaban J connectivity index is 1.84. The Morgan fingerprint density at radius 3 is 2.16 bits per heavy atom. The number of ether oxygens (including phenoxy) is 2. The van der Waals surface area contributed by atoms with Crippen LogP contribution in [0.3, 0.4) is 0 Å². The molecule has 166 valence electrons. The Labute approximate surface area is 182 Å². The molecule has 8 nitrogen and oxygen atoms in total. The van der Waals surface area contributed by atoms with Gasteiger partial charge in [-0.15, -0.1) is 0 Å². The molecule has 0 aliphatic heterocycles. The van der Waals surface area contributed by atoms with Crippen LogP contribution in [0.15, 0.2) is 42.5 Å². The van der Waals surface area contributed by atoms with Crippen LogP contribution in [-0.2, 0) is 14.3 Å². The van der Waals surface area contributed by atoms with Crippen molar-refractivity contribution in [3.63, 3.8) is 0 Å². The fraction of sp³-hybridized carbons (Fsp3) is 0.348. The lowest BCUT2D eigenvalue weighted by Crippen LogP contribution is -2.37. The average molecular weight is 428 g/mol. The molecule has 0 bridgehead atoms. The third-order valence-corrected chi connectivity index (χ3v) is 4.14. The van der Waals surface area contributed by atoms with Crippen molar-refractivity contribution in [1.29, 1.82) is 0 Å². The molecule has 0 saturated carbocycles. The Morgan fingerprint density at radius 1 is 0.903 bits per heavy atom. The molecule has 0 saturated heterocycles. The molecule has 2 aromatic carbocycles. The highest BCUT2D eigenvalue weighted by Crippen LogP contribution is 2.20. The maximum absolute atomic E-state index is 12.2. The summed E-state index contributed by atoms with van der Waals surface area (Å²) in [6, 6.07) is 12.3. The predicted octanol–water partition coefficient (Wildman–Crippen LogP) is 3.78. The van der Waals surface area contributed by atoms with E-state index in [9.17, 15) is 14.4 Å². The summed E-state index contributed by atoms with van der Waals surface area (Å²) in [6.07, 6.45) is -0.674. The summed E-state index contributed by atoms with van der Waals surface area (Å²) in [5.41, 5.74) is 2.41. The second-order valence-corrected chi connectivity index (χ2v) is 8.02. The maximum atomic E-state index is 12.2. The van der Waals surface area contributed by atoms with Crippen LogP contribution in [0.5, 0.6) is 5.75 Å². The molecule has 0 heterocycles. The molecule has 0 aromatic heterocycles. The third-order valence-electron chi connectivity index (χ3n) is 4.14. The first-order valence-electron chi connectivity index (χ1n) is 9.89. The zero-order valence-electron chi connectivity index (χ0n) is 18.5. The van der Waals surface area contributed by atoms with E-state index in [0.717, 1.165) is 11.1 Å². The minimum atomic E-state index is -0.674. The smallest absolute Gasteiger partial charge is 0.408 e. The predicted molar refractivity (Wildman–Crippen MR) is 119 cm³/mol. The van der Waals surface area contributed by atoms with E-state index in [4.69, 9.17) is 9.47 Å². The van der Waals surface area contributed by atoms with Crippen LogP contribution in [0.1, 0.15) is 31.9 Å². The molecule has 8 heteroatoms.